The van der Waals surface area contributed by atoms with Gasteiger partial charge < -0.3 is 14.5 Å². The van der Waals surface area contributed by atoms with Crippen molar-refractivity contribution in [3.63, 3.8) is 0 Å². The van der Waals surface area contributed by atoms with Crippen molar-refractivity contribution in [1.29, 1.82) is 0 Å². The monoisotopic (exact) mass is 356 g/mol. The van der Waals surface area contributed by atoms with E-state index in [4.69, 9.17) is 9.47 Å². The minimum Gasteiger partial charge on any atom is -0.496 e. The Morgan fingerprint density at radius 3 is 2.70 bits per heavy atom. The third kappa shape index (κ3) is 2.47. The molecule has 5 heteroatoms. The lowest BCUT2D eigenvalue weighted by Gasteiger charge is -2.21. The second-order valence-corrected chi connectivity index (χ2v) is 6.44. The molecule has 1 N–H and O–H groups in total. The number of fused-ring (bicyclic) bond motifs is 4. The first-order valence-corrected chi connectivity index (χ1v) is 8.69. The third-order valence-corrected chi connectivity index (χ3v) is 4.90. The van der Waals surface area contributed by atoms with Crippen LogP contribution in [0.3, 0.4) is 0 Å². The highest BCUT2D eigenvalue weighted by atomic mass is 16.5. The largest absolute Gasteiger partial charge is 0.496 e. The number of para-hydroxylation sites is 1. The van der Waals surface area contributed by atoms with E-state index in [-0.39, 0.29) is 5.56 Å². The zero-order chi connectivity index (χ0) is 18.4. The average molecular weight is 356 g/mol. The molecule has 0 fully saturated rings. The van der Waals surface area contributed by atoms with Crippen LogP contribution in [0.1, 0.15) is 11.1 Å². The summed E-state index contributed by atoms with van der Waals surface area (Å²) in [6, 6.07) is 19.5. The van der Waals surface area contributed by atoms with Crippen LogP contribution in [0.15, 0.2) is 65.5 Å². The molecule has 1 aromatic heterocycles. The van der Waals surface area contributed by atoms with Gasteiger partial charge in [-0.15, -0.1) is 0 Å². The normalized spacial score (nSPS) is 12.2. The van der Waals surface area contributed by atoms with Crippen LogP contribution >= 0.6 is 0 Å². The van der Waals surface area contributed by atoms with Gasteiger partial charge in [-0.1, -0.05) is 42.5 Å². The number of methoxy groups -OCH3 is 1. The highest BCUT2D eigenvalue weighted by molar-refractivity contribution is 5.88. The van der Waals surface area contributed by atoms with Crippen molar-refractivity contribution in [3.8, 4) is 28.8 Å². The van der Waals surface area contributed by atoms with Crippen LogP contribution in [0.4, 0.5) is 0 Å². The molecule has 0 amide bonds. The van der Waals surface area contributed by atoms with Gasteiger partial charge in [0.1, 0.15) is 17.3 Å². The van der Waals surface area contributed by atoms with Crippen LogP contribution < -0.4 is 15.0 Å². The summed E-state index contributed by atoms with van der Waals surface area (Å²) >= 11 is 0. The molecule has 0 aliphatic carbocycles. The molecule has 5 rings (SSSR count). The Bertz CT molecular complexity index is 1240. The molecule has 0 saturated carbocycles. The molecular formula is C22H16N2O3. The molecule has 0 spiro atoms. The maximum atomic E-state index is 12.8. The van der Waals surface area contributed by atoms with Gasteiger partial charge in [-0.3, -0.25) is 4.79 Å². The van der Waals surface area contributed by atoms with E-state index >= 15 is 0 Å². The lowest BCUT2D eigenvalue weighted by Crippen LogP contribution is -2.20. The highest BCUT2D eigenvalue weighted by Gasteiger charge is 2.24. The number of ether oxygens (including phenoxy) is 2. The Morgan fingerprint density at radius 1 is 1.00 bits per heavy atom. The van der Waals surface area contributed by atoms with E-state index in [2.05, 4.69) is 16.0 Å². The minimum atomic E-state index is -0.195. The van der Waals surface area contributed by atoms with Gasteiger partial charge in [0, 0.05) is 12.0 Å². The van der Waals surface area contributed by atoms with Crippen molar-refractivity contribution in [3.05, 3.63) is 82.1 Å². The number of H-pyrrole nitrogens is 1. The van der Waals surface area contributed by atoms with Crippen molar-refractivity contribution < 1.29 is 9.47 Å². The fraction of sp³-hybridized carbons (Fsp3) is 0.0909. The summed E-state index contributed by atoms with van der Waals surface area (Å²) in [5.41, 5.74) is 2.07. The summed E-state index contributed by atoms with van der Waals surface area (Å²) < 4.78 is 11.4. The number of aromatic amines is 1. The Morgan fingerprint density at radius 2 is 1.81 bits per heavy atom. The third-order valence-electron chi connectivity index (χ3n) is 4.90. The molecule has 2 heterocycles. The standard InChI is InChI=1S/C22H16N2O3/c1-26-18-9-5-4-8-15(18)20-23-21(25)17-12-16-14-7-3-2-6-13(14)10-11-19(16)27-22(17)24-20/h2-11H,12H2,1H3,(H,23,24,25). The smallest absolute Gasteiger partial charge is 0.258 e. The van der Waals surface area contributed by atoms with Gasteiger partial charge in [0.2, 0.25) is 5.88 Å². The summed E-state index contributed by atoms with van der Waals surface area (Å²) in [5.74, 6) is 2.16. The van der Waals surface area contributed by atoms with Gasteiger partial charge in [-0.25, -0.2) is 0 Å². The Labute approximate surface area is 155 Å². The van der Waals surface area contributed by atoms with E-state index < -0.39 is 0 Å². The Hall–Kier alpha value is -3.60. The maximum Gasteiger partial charge on any atom is 0.258 e. The van der Waals surface area contributed by atoms with E-state index in [1.54, 1.807) is 7.11 Å². The van der Waals surface area contributed by atoms with E-state index in [1.165, 1.54) is 0 Å². The molecular weight excluding hydrogens is 340 g/mol. The lowest BCUT2D eigenvalue weighted by molar-refractivity contribution is 0.415. The van der Waals surface area contributed by atoms with Crippen LogP contribution in [0.25, 0.3) is 22.2 Å². The molecule has 0 saturated heterocycles. The Balaban J connectivity index is 1.66. The molecule has 0 radical (unpaired) electrons. The van der Waals surface area contributed by atoms with Crippen LogP contribution in [0.5, 0.6) is 17.4 Å². The molecule has 1 aliphatic heterocycles. The molecule has 132 valence electrons. The highest BCUT2D eigenvalue weighted by Crippen LogP contribution is 2.38. The molecule has 0 bridgehead atoms. The lowest BCUT2D eigenvalue weighted by atomic mass is 9.96. The number of nitrogens with zero attached hydrogens (tertiary/aromatic N) is 1. The van der Waals surface area contributed by atoms with E-state index in [1.807, 2.05) is 54.6 Å². The topological polar surface area (TPSA) is 64.2 Å². The fourth-order valence-corrected chi connectivity index (χ4v) is 3.56. The second kappa shape index (κ2) is 5.99. The number of hydrogen-bond acceptors (Lipinski definition) is 4. The number of hydrogen-bond donors (Lipinski definition) is 1. The minimum absolute atomic E-state index is 0.195. The molecule has 27 heavy (non-hydrogen) atoms. The first-order chi connectivity index (χ1) is 13.2. The molecule has 0 atom stereocenters. The van der Waals surface area contributed by atoms with E-state index in [9.17, 15) is 4.79 Å². The summed E-state index contributed by atoms with van der Waals surface area (Å²) in [6.45, 7) is 0. The van der Waals surface area contributed by atoms with Crippen LogP contribution in [-0.2, 0) is 6.42 Å². The van der Waals surface area contributed by atoms with Gasteiger partial charge in [0.25, 0.3) is 5.56 Å². The van der Waals surface area contributed by atoms with Crippen molar-refractivity contribution in [2.24, 2.45) is 0 Å². The molecule has 5 nitrogen and oxygen atoms in total. The number of rotatable bonds is 2. The van der Waals surface area contributed by atoms with Crippen molar-refractivity contribution in [2.45, 2.75) is 6.42 Å². The number of benzene rings is 3. The molecule has 4 aromatic rings. The van der Waals surface area contributed by atoms with Crippen LogP contribution in [-0.4, -0.2) is 17.1 Å². The maximum absolute atomic E-state index is 12.8. The molecule has 0 unspecified atom stereocenters. The number of aromatic nitrogens is 2. The van der Waals surface area contributed by atoms with Gasteiger partial charge >= 0.3 is 0 Å². The van der Waals surface area contributed by atoms with Crippen LogP contribution in [0.2, 0.25) is 0 Å². The summed E-state index contributed by atoms with van der Waals surface area (Å²) in [4.78, 5) is 20.2. The molecule has 3 aromatic carbocycles. The quantitative estimate of drug-likeness (QED) is 0.512. The van der Waals surface area contributed by atoms with Gasteiger partial charge in [0.05, 0.1) is 18.2 Å². The average Bonchev–Trinajstić information content (AvgIpc) is 2.72. The van der Waals surface area contributed by atoms with E-state index in [0.717, 1.165) is 22.1 Å². The second-order valence-electron chi connectivity index (χ2n) is 6.44. The SMILES string of the molecule is COc1ccccc1-c1nc2c(c(=O)[nH]1)Cc1c(ccc3ccccc13)O2. The zero-order valence-corrected chi connectivity index (χ0v) is 14.7. The van der Waals surface area contributed by atoms with Crippen molar-refractivity contribution in [1.82, 2.24) is 9.97 Å². The molecule has 1 aliphatic rings. The first-order valence-electron chi connectivity index (χ1n) is 8.69. The van der Waals surface area contributed by atoms with Gasteiger partial charge in [0.15, 0.2) is 0 Å². The fourth-order valence-electron chi connectivity index (χ4n) is 3.56. The predicted molar refractivity (Wildman–Crippen MR) is 104 cm³/mol. The van der Waals surface area contributed by atoms with Gasteiger partial charge in [-0.05, 0) is 29.0 Å². The number of nitrogens with one attached hydrogen (secondary N) is 1. The summed E-state index contributed by atoms with van der Waals surface area (Å²) in [5, 5.41) is 2.21. The van der Waals surface area contributed by atoms with Crippen LogP contribution in [0, 0.1) is 0 Å². The van der Waals surface area contributed by atoms with Gasteiger partial charge in [-0.2, -0.15) is 4.98 Å². The summed E-state index contributed by atoms with van der Waals surface area (Å²) in [7, 11) is 1.59. The predicted octanol–water partition coefficient (Wildman–Crippen LogP) is 4.30. The summed E-state index contributed by atoms with van der Waals surface area (Å²) in [6.07, 6.45) is 0.487. The Kier molecular flexibility index (Phi) is 3.47. The van der Waals surface area contributed by atoms with Crippen molar-refractivity contribution in [2.75, 3.05) is 7.11 Å². The van der Waals surface area contributed by atoms with Crippen molar-refractivity contribution >= 4 is 10.8 Å². The first kappa shape index (κ1) is 15.6. The van der Waals surface area contributed by atoms with E-state index in [0.29, 0.717) is 35.0 Å². The zero-order valence-electron chi connectivity index (χ0n) is 14.7.